The van der Waals surface area contributed by atoms with Crippen molar-refractivity contribution in [2.24, 2.45) is 0 Å². The number of carbonyl (C=O) groups is 1. The van der Waals surface area contributed by atoms with E-state index in [1.807, 2.05) is 0 Å². The minimum absolute atomic E-state index is 0.0877. The molecule has 5 nitrogen and oxygen atoms in total. The van der Waals surface area contributed by atoms with Crippen LogP contribution in [-0.2, 0) is 11.2 Å². The fourth-order valence-electron chi connectivity index (χ4n) is 4.49. The molecule has 1 unspecified atom stereocenters. The molecular formula is C24H24ClN3O2S. The van der Waals surface area contributed by atoms with E-state index < -0.39 is 6.04 Å². The maximum atomic E-state index is 13.2. The molecule has 1 aliphatic carbocycles. The van der Waals surface area contributed by atoms with Crippen LogP contribution in [0.3, 0.4) is 0 Å². The largest absolute Gasteiger partial charge is 0.353 e. The number of aromatic nitrogens is 1. The molecule has 1 fully saturated rings. The van der Waals surface area contributed by atoms with E-state index in [2.05, 4.69) is 52.6 Å². The summed E-state index contributed by atoms with van der Waals surface area (Å²) in [5.74, 6) is 0.956. The van der Waals surface area contributed by atoms with Gasteiger partial charge in [-0.15, -0.1) is 11.8 Å². The first kappa shape index (κ1) is 20.6. The molecular weight excluding hydrogens is 430 g/mol. The van der Waals surface area contributed by atoms with Crippen LogP contribution < -0.4 is 15.7 Å². The van der Waals surface area contributed by atoms with Gasteiger partial charge in [0.25, 0.3) is 5.56 Å². The van der Waals surface area contributed by atoms with Gasteiger partial charge in [0.05, 0.1) is 5.03 Å². The van der Waals surface area contributed by atoms with Crippen molar-refractivity contribution in [1.29, 1.82) is 0 Å². The Morgan fingerprint density at radius 2 is 1.90 bits per heavy atom. The number of benzene rings is 2. The van der Waals surface area contributed by atoms with Crippen LogP contribution in [0.1, 0.15) is 41.5 Å². The Labute approximate surface area is 190 Å². The summed E-state index contributed by atoms with van der Waals surface area (Å²) in [6.07, 6.45) is 3.02. The molecule has 1 aromatic heterocycles. The lowest BCUT2D eigenvalue weighted by molar-refractivity contribution is -0.123. The maximum Gasteiger partial charge on any atom is 0.252 e. The van der Waals surface area contributed by atoms with Crippen LogP contribution in [0.4, 0.5) is 0 Å². The predicted molar refractivity (Wildman–Crippen MR) is 126 cm³/mol. The van der Waals surface area contributed by atoms with E-state index in [-0.39, 0.29) is 11.5 Å². The molecule has 1 aliphatic heterocycles. The number of amides is 1. The molecule has 0 spiro atoms. The van der Waals surface area contributed by atoms with Crippen molar-refractivity contribution in [3.8, 4) is 0 Å². The van der Waals surface area contributed by atoms with E-state index in [0.717, 1.165) is 29.9 Å². The van der Waals surface area contributed by atoms with E-state index >= 15 is 0 Å². The normalized spacial score (nSPS) is 17.6. The zero-order valence-corrected chi connectivity index (χ0v) is 18.6. The van der Waals surface area contributed by atoms with Gasteiger partial charge < -0.3 is 5.32 Å². The molecule has 1 saturated carbocycles. The van der Waals surface area contributed by atoms with Crippen molar-refractivity contribution in [3.63, 3.8) is 0 Å². The number of carbonyl (C=O) groups excluding carboxylic acids is 1. The van der Waals surface area contributed by atoms with Crippen LogP contribution in [0.2, 0.25) is 0 Å². The molecule has 160 valence electrons. The van der Waals surface area contributed by atoms with Crippen molar-refractivity contribution < 1.29 is 4.79 Å². The van der Waals surface area contributed by atoms with Gasteiger partial charge in [-0.25, -0.2) is 4.84 Å². The Kier molecular flexibility index (Phi) is 5.78. The Morgan fingerprint density at radius 1 is 1.10 bits per heavy atom. The second-order valence-corrected chi connectivity index (χ2v) is 9.46. The average molecular weight is 454 g/mol. The molecule has 0 bridgehead atoms. The Morgan fingerprint density at radius 3 is 2.71 bits per heavy atom. The first-order chi connectivity index (χ1) is 15.2. The van der Waals surface area contributed by atoms with E-state index in [9.17, 15) is 9.59 Å². The molecule has 2 heterocycles. The van der Waals surface area contributed by atoms with Crippen molar-refractivity contribution in [3.05, 3.63) is 75.6 Å². The lowest BCUT2D eigenvalue weighted by atomic mass is 9.95. The third-order valence-electron chi connectivity index (χ3n) is 6.09. The quantitative estimate of drug-likeness (QED) is 0.419. The smallest absolute Gasteiger partial charge is 0.252 e. The van der Waals surface area contributed by atoms with Gasteiger partial charge in [0.1, 0.15) is 6.04 Å². The molecule has 31 heavy (non-hydrogen) atoms. The van der Waals surface area contributed by atoms with Crippen molar-refractivity contribution in [2.45, 2.75) is 36.2 Å². The molecule has 0 radical (unpaired) electrons. The fraction of sp³-hybridized carbons (Fsp3) is 0.333. The van der Waals surface area contributed by atoms with Gasteiger partial charge >= 0.3 is 0 Å². The zero-order valence-electron chi connectivity index (χ0n) is 17.1. The summed E-state index contributed by atoms with van der Waals surface area (Å²) in [6.45, 7) is 0.911. The van der Waals surface area contributed by atoms with E-state index in [1.54, 1.807) is 22.4 Å². The molecule has 2 N–H and O–H groups in total. The molecule has 2 aliphatic rings. The highest BCUT2D eigenvalue weighted by Gasteiger charge is 2.37. The van der Waals surface area contributed by atoms with Gasteiger partial charge in [-0.1, -0.05) is 42.5 Å². The molecule has 2 aromatic carbocycles. The predicted octanol–water partition coefficient (Wildman–Crippen LogP) is 3.98. The van der Waals surface area contributed by atoms with Crippen molar-refractivity contribution >= 4 is 40.2 Å². The highest BCUT2D eigenvalue weighted by molar-refractivity contribution is 7.99. The number of nitrogens with zero attached hydrogens (tertiary/aromatic N) is 1. The summed E-state index contributed by atoms with van der Waals surface area (Å²) >= 11 is 7.11. The number of hydrogen-bond donors (Lipinski definition) is 2. The van der Waals surface area contributed by atoms with Gasteiger partial charge in [-0.05, 0) is 64.4 Å². The van der Waals surface area contributed by atoms with Crippen LogP contribution in [-0.4, -0.2) is 29.3 Å². The lowest BCUT2D eigenvalue weighted by Gasteiger charge is -2.18. The van der Waals surface area contributed by atoms with Crippen LogP contribution in [0.5, 0.6) is 0 Å². The summed E-state index contributed by atoms with van der Waals surface area (Å²) in [7, 11) is 0. The minimum atomic E-state index is -0.466. The summed E-state index contributed by atoms with van der Waals surface area (Å²) in [6, 6.07) is 16.0. The second kappa shape index (κ2) is 8.69. The monoisotopic (exact) mass is 453 g/mol. The van der Waals surface area contributed by atoms with Crippen LogP contribution in [0.25, 0.3) is 10.8 Å². The molecule has 5 rings (SSSR count). The van der Waals surface area contributed by atoms with E-state index in [0.29, 0.717) is 24.8 Å². The zero-order chi connectivity index (χ0) is 21.4. The first-order valence-corrected chi connectivity index (χ1v) is 12.0. The molecule has 3 aromatic rings. The molecule has 1 atom stereocenters. The van der Waals surface area contributed by atoms with Crippen LogP contribution in [0.15, 0.2) is 58.4 Å². The van der Waals surface area contributed by atoms with E-state index in [4.69, 9.17) is 11.8 Å². The Bertz CT molecular complexity index is 1200. The summed E-state index contributed by atoms with van der Waals surface area (Å²) in [5, 5.41) is 6.30. The third kappa shape index (κ3) is 4.00. The standard InChI is InChI=1S/C24H24ClN3O2S/c25-27-11-10-26-23(30)20-14-31-24-22(16-8-9-16)18(13-21(29)28(20)24)12-17-6-3-5-15-4-1-2-7-19(15)17/h1-7,13,16,20,27H,8-12,14H2,(H,26,30). The molecule has 1 amide bonds. The Hall–Kier alpha value is -2.28. The SMILES string of the molecule is O=C(NCCNCl)C1CSc2c(C3CC3)c(Cc3cccc4ccccc34)cc(=O)n21. The van der Waals surface area contributed by atoms with Gasteiger partial charge in [0.2, 0.25) is 5.91 Å². The highest BCUT2D eigenvalue weighted by atomic mass is 35.5. The number of hydrogen-bond acceptors (Lipinski definition) is 4. The minimum Gasteiger partial charge on any atom is -0.353 e. The van der Waals surface area contributed by atoms with Gasteiger partial charge in [-0.3, -0.25) is 14.2 Å². The second-order valence-electron chi connectivity index (χ2n) is 8.19. The number of nitrogens with one attached hydrogen (secondary N) is 2. The van der Waals surface area contributed by atoms with Gasteiger partial charge in [-0.2, -0.15) is 0 Å². The van der Waals surface area contributed by atoms with Gasteiger partial charge in [0.15, 0.2) is 0 Å². The lowest BCUT2D eigenvalue weighted by Crippen LogP contribution is -2.39. The summed E-state index contributed by atoms with van der Waals surface area (Å²) in [5.41, 5.74) is 3.52. The van der Waals surface area contributed by atoms with Crippen molar-refractivity contribution in [2.75, 3.05) is 18.8 Å². The first-order valence-electron chi connectivity index (χ1n) is 10.7. The van der Waals surface area contributed by atoms with Crippen LogP contribution >= 0.6 is 23.5 Å². The summed E-state index contributed by atoms with van der Waals surface area (Å²) in [4.78, 5) is 28.4. The highest BCUT2D eigenvalue weighted by Crippen LogP contribution is 2.48. The fourth-order valence-corrected chi connectivity index (χ4v) is 6.01. The molecule has 7 heteroatoms. The number of thioether (sulfide) groups is 1. The Balaban J connectivity index is 1.53. The van der Waals surface area contributed by atoms with Crippen LogP contribution in [0, 0.1) is 0 Å². The van der Waals surface area contributed by atoms with Gasteiger partial charge in [0, 0.05) is 24.9 Å². The van der Waals surface area contributed by atoms with Crippen molar-refractivity contribution in [1.82, 2.24) is 14.7 Å². The third-order valence-corrected chi connectivity index (χ3v) is 7.45. The van der Waals surface area contributed by atoms with E-state index in [1.165, 1.54) is 21.9 Å². The number of rotatable bonds is 7. The number of fused-ring (bicyclic) bond motifs is 2. The number of halogens is 1. The maximum absolute atomic E-state index is 13.2. The average Bonchev–Trinajstić information content (AvgIpc) is 3.51. The summed E-state index contributed by atoms with van der Waals surface area (Å²) < 4.78 is 1.72. The number of pyridine rings is 1. The molecule has 0 saturated heterocycles. The topological polar surface area (TPSA) is 63.1 Å².